The minimum Gasteiger partial charge on any atom is -0.461 e. The van der Waals surface area contributed by atoms with Crippen molar-refractivity contribution in [2.45, 2.75) is 6.92 Å². The van der Waals surface area contributed by atoms with Crippen LogP contribution in [0.1, 0.15) is 17.5 Å². The molecule has 1 heterocycles. The van der Waals surface area contributed by atoms with Gasteiger partial charge in [0.2, 0.25) is 0 Å². The number of rotatable bonds is 1. The van der Waals surface area contributed by atoms with Crippen molar-refractivity contribution in [2.24, 2.45) is 11.6 Å². The fourth-order valence-corrected chi connectivity index (χ4v) is 0.479. The topological polar surface area (TPSA) is 94.3 Å². The minimum atomic E-state index is -0.0324. The normalized spacial score (nSPS) is 8.15. The summed E-state index contributed by atoms with van der Waals surface area (Å²) in [6.07, 6.45) is 1.48. The van der Waals surface area contributed by atoms with Crippen LogP contribution in [0.5, 0.6) is 0 Å². The highest BCUT2D eigenvalue weighted by Crippen LogP contribution is 1.98. The maximum atomic E-state index is 10.4. The lowest BCUT2D eigenvalue weighted by Crippen LogP contribution is -2.34. The molecule has 0 aliphatic carbocycles. The first-order valence-corrected chi connectivity index (χ1v) is 3.79. The Morgan fingerprint density at radius 1 is 1.69 bits per heavy atom. The first kappa shape index (κ1) is 11.6. The lowest BCUT2D eigenvalue weighted by Gasteiger charge is -1.85. The van der Waals surface area contributed by atoms with Gasteiger partial charge in [-0.15, -0.1) is 0 Å². The zero-order valence-electron chi connectivity index (χ0n) is 7.11. The fraction of sp³-hybridized carbons (Fsp3) is 0.143. The van der Waals surface area contributed by atoms with Crippen LogP contribution in [0.25, 0.3) is 0 Å². The molecule has 0 unspecified atom stereocenters. The number of carbonyl (C=O) groups is 1. The lowest BCUT2D eigenvalue weighted by atomic mass is 10.3. The van der Waals surface area contributed by atoms with E-state index in [2.05, 4.69) is 18.1 Å². The van der Waals surface area contributed by atoms with E-state index in [1.165, 1.54) is 13.2 Å². The molecule has 0 radical (unpaired) electrons. The predicted octanol–water partition coefficient (Wildman–Crippen LogP) is 0.176. The van der Waals surface area contributed by atoms with Gasteiger partial charge in [0.15, 0.2) is 16.7 Å². The van der Waals surface area contributed by atoms with Crippen molar-refractivity contribution in [3.8, 4) is 0 Å². The first-order chi connectivity index (χ1) is 6.07. The largest absolute Gasteiger partial charge is 0.461 e. The third-order valence-electron chi connectivity index (χ3n) is 1.01. The molecule has 0 aliphatic heterocycles. The average Bonchev–Trinajstić information content (AvgIpc) is 2.57. The standard InChI is InChI=1S/C6H6O2.CH5N3S/c1-5(7)6-3-2-4-8-6;2-1(5)4-3/h2-4H,1H3;3H2,(H3,2,4,5). The molecule has 13 heavy (non-hydrogen) atoms. The molecule has 1 aromatic rings. The van der Waals surface area contributed by atoms with Crippen molar-refractivity contribution in [1.82, 2.24) is 5.43 Å². The van der Waals surface area contributed by atoms with Crippen LogP contribution in [0.4, 0.5) is 0 Å². The highest BCUT2D eigenvalue weighted by molar-refractivity contribution is 7.80. The Labute approximate surface area is 81.0 Å². The van der Waals surface area contributed by atoms with Crippen LogP contribution in [-0.2, 0) is 0 Å². The quantitative estimate of drug-likeness (QED) is 0.259. The summed E-state index contributed by atoms with van der Waals surface area (Å²) in [5, 5.41) is 0.116. The molecule has 1 rings (SSSR count). The van der Waals surface area contributed by atoms with Gasteiger partial charge in [-0.1, -0.05) is 0 Å². The Kier molecular flexibility index (Phi) is 5.49. The van der Waals surface area contributed by atoms with Crippen LogP contribution < -0.4 is 17.0 Å². The fourth-order valence-electron chi connectivity index (χ4n) is 0.479. The third-order valence-corrected chi connectivity index (χ3v) is 1.13. The highest BCUT2D eigenvalue weighted by atomic mass is 32.1. The van der Waals surface area contributed by atoms with Crippen LogP contribution in [0.2, 0.25) is 0 Å². The molecule has 5 N–H and O–H groups in total. The number of thiocarbonyl (C=S) groups is 1. The first-order valence-electron chi connectivity index (χ1n) is 3.38. The number of nitrogens with one attached hydrogen (secondary N) is 1. The SMILES string of the molecule is CC(=O)c1ccco1.NNC(N)=S. The molecule has 72 valence electrons. The van der Waals surface area contributed by atoms with Gasteiger partial charge >= 0.3 is 0 Å². The minimum absolute atomic E-state index is 0.0324. The number of hydrogen-bond donors (Lipinski definition) is 3. The Morgan fingerprint density at radius 3 is 2.38 bits per heavy atom. The van der Waals surface area contributed by atoms with Crippen LogP contribution in [-0.4, -0.2) is 10.9 Å². The summed E-state index contributed by atoms with van der Waals surface area (Å²) >= 11 is 4.24. The van der Waals surface area contributed by atoms with Gasteiger partial charge in [-0.3, -0.25) is 4.79 Å². The maximum Gasteiger partial charge on any atom is 0.194 e. The van der Waals surface area contributed by atoms with Crippen molar-refractivity contribution < 1.29 is 9.21 Å². The van der Waals surface area contributed by atoms with E-state index in [-0.39, 0.29) is 10.9 Å². The van der Waals surface area contributed by atoms with E-state index in [1.54, 1.807) is 12.1 Å². The Hall–Kier alpha value is -1.40. The van der Waals surface area contributed by atoms with Crippen LogP contribution in [0, 0.1) is 0 Å². The van der Waals surface area contributed by atoms with Crippen molar-refractivity contribution >= 4 is 23.1 Å². The van der Waals surface area contributed by atoms with Gasteiger partial charge in [0.05, 0.1) is 6.26 Å². The molecule has 0 aromatic carbocycles. The summed E-state index contributed by atoms with van der Waals surface area (Å²) in [5.41, 5.74) is 6.82. The molecule has 0 aliphatic rings. The summed E-state index contributed by atoms with van der Waals surface area (Å²) in [5.74, 6) is 5.04. The smallest absolute Gasteiger partial charge is 0.194 e. The van der Waals surface area contributed by atoms with Gasteiger partial charge in [0.25, 0.3) is 0 Å². The molecular formula is C7H11N3O2S. The second-order valence-corrected chi connectivity index (χ2v) is 2.48. The summed E-state index contributed by atoms with van der Waals surface area (Å²) in [6.45, 7) is 1.47. The predicted molar refractivity (Wildman–Crippen MR) is 52.8 cm³/mol. The summed E-state index contributed by atoms with van der Waals surface area (Å²) in [4.78, 5) is 10.4. The molecular weight excluding hydrogens is 190 g/mol. The van der Waals surface area contributed by atoms with E-state index in [0.717, 1.165) is 0 Å². The summed E-state index contributed by atoms with van der Waals surface area (Å²) in [7, 11) is 0. The molecule has 0 saturated carbocycles. The van der Waals surface area contributed by atoms with E-state index < -0.39 is 0 Å². The average molecular weight is 201 g/mol. The van der Waals surface area contributed by atoms with Crippen LogP contribution in [0.3, 0.4) is 0 Å². The number of ketones is 1. The van der Waals surface area contributed by atoms with Crippen molar-refractivity contribution in [3.05, 3.63) is 24.2 Å². The van der Waals surface area contributed by atoms with E-state index in [4.69, 9.17) is 10.2 Å². The molecule has 0 spiro atoms. The Bertz CT molecular complexity index is 271. The van der Waals surface area contributed by atoms with Gasteiger partial charge in [0, 0.05) is 6.92 Å². The van der Waals surface area contributed by atoms with Crippen molar-refractivity contribution in [1.29, 1.82) is 0 Å². The van der Waals surface area contributed by atoms with Crippen molar-refractivity contribution in [2.75, 3.05) is 0 Å². The second-order valence-electron chi connectivity index (χ2n) is 2.04. The van der Waals surface area contributed by atoms with E-state index in [9.17, 15) is 4.79 Å². The van der Waals surface area contributed by atoms with Gasteiger partial charge in [0.1, 0.15) is 0 Å². The van der Waals surface area contributed by atoms with Gasteiger partial charge in [-0.25, -0.2) is 5.84 Å². The maximum absolute atomic E-state index is 10.4. The zero-order valence-corrected chi connectivity index (χ0v) is 7.93. The number of Topliss-reactive ketones (excluding diaryl/α,β-unsaturated/α-hetero) is 1. The molecule has 6 heteroatoms. The molecule has 0 amide bonds. The second kappa shape index (κ2) is 6.15. The molecule has 1 aromatic heterocycles. The van der Waals surface area contributed by atoms with Gasteiger partial charge < -0.3 is 15.6 Å². The van der Waals surface area contributed by atoms with Crippen molar-refractivity contribution in [3.63, 3.8) is 0 Å². The van der Waals surface area contributed by atoms with Crippen LogP contribution in [0.15, 0.2) is 22.8 Å². The van der Waals surface area contributed by atoms with Crippen LogP contribution >= 0.6 is 12.2 Å². The Morgan fingerprint density at radius 2 is 2.23 bits per heavy atom. The van der Waals surface area contributed by atoms with E-state index in [0.29, 0.717) is 5.76 Å². The molecule has 0 saturated heterocycles. The molecule has 5 nitrogen and oxygen atoms in total. The number of nitrogens with two attached hydrogens (primary N) is 2. The highest BCUT2D eigenvalue weighted by Gasteiger charge is 1.97. The van der Waals surface area contributed by atoms with Gasteiger partial charge in [-0.2, -0.15) is 0 Å². The molecule has 0 bridgehead atoms. The summed E-state index contributed by atoms with van der Waals surface area (Å²) < 4.78 is 4.75. The van der Waals surface area contributed by atoms with E-state index in [1.807, 2.05) is 5.43 Å². The summed E-state index contributed by atoms with van der Waals surface area (Å²) in [6, 6.07) is 3.33. The lowest BCUT2D eigenvalue weighted by molar-refractivity contribution is 0.0987. The van der Waals surface area contributed by atoms with E-state index >= 15 is 0 Å². The molecule has 0 fully saturated rings. The number of carbonyl (C=O) groups excluding carboxylic acids is 1. The number of furan rings is 1. The number of hydrogen-bond acceptors (Lipinski definition) is 4. The number of hydrazine groups is 1. The third kappa shape index (κ3) is 5.83. The zero-order chi connectivity index (χ0) is 10.3. The Balaban J connectivity index is 0.000000252. The molecule has 0 atom stereocenters. The monoisotopic (exact) mass is 201 g/mol. The van der Waals surface area contributed by atoms with Gasteiger partial charge in [-0.05, 0) is 24.4 Å².